The average molecular weight is 260 g/mol. The zero-order valence-electron chi connectivity index (χ0n) is 10.4. The molecule has 1 aliphatic heterocycles. The molecule has 0 aromatic carbocycles. The lowest BCUT2D eigenvalue weighted by Gasteiger charge is -2.03. The van der Waals surface area contributed by atoms with Crippen LogP contribution in [0, 0.1) is 0 Å². The highest BCUT2D eigenvalue weighted by Crippen LogP contribution is 2.23. The van der Waals surface area contributed by atoms with Crippen LogP contribution in [0.2, 0.25) is 0 Å². The van der Waals surface area contributed by atoms with Gasteiger partial charge in [-0.2, -0.15) is 4.99 Å². The third-order valence-electron chi connectivity index (χ3n) is 1.67. The molecule has 2 atom stereocenters. The summed E-state index contributed by atoms with van der Waals surface area (Å²) in [5.41, 5.74) is 5.27. The summed E-state index contributed by atoms with van der Waals surface area (Å²) in [6, 6.07) is 0. The van der Waals surface area contributed by atoms with Crippen molar-refractivity contribution in [3.05, 3.63) is 12.2 Å². The van der Waals surface area contributed by atoms with Gasteiger partial charge in [0.05, 0.1) is 12.7 Å². The van der Waals surface area contributed by atoms with Gasteiger partial charge >= 0.3 is 0 Å². The Hall–Kier alpha value is -0.850. The van der Waals surface area contributed by atoms with Crippen LogP contribution in [0.5, 0.6) is 0 Å². The van der Waals surface area contributed by atoms with Crippen LogP contribution in [0.4, 0.5) is 0 Å². The summed E-state index contributed by atoms with van der Waals surface area (Å²) >= 11 is 1.68. The fourth-order valence-electron chi connectivity index (χ4n) is 1.07. The third kappa shape index (κ3) is 8.91. The minimum atomic E-state index is -0.273. The van der Waals surface area contributed by atoms with Crippen LogP contribution in [0.1, 0.15) is 20.8 Å². The molecule has 0 radical (unpaired) electrons. The van der Waals surface area contributed by atoms with E-state index in [2.05, 4.69) is 4.99 Å². The van der Waals surface area contributed by atoms with Crippen molar-refractivity contribution in [2.24, 2.45) is 10.7 Å². The highest BCUT2D eigenvalue weighted by atomic mass is 32.2. The minimum absolute atomic E-state index is 0.0463. The van der Waals surface area contributed by atoms with Crippen molar-refractivity contribution >= 4 is 23.5 Å². The topological polar surface area (TPSA) is 84.9 Å². The lowest BCUT2D eigenvalue weighted by molar-refractivity contribution is -0.115. The molecule has 5 nitrogen and oxygen atoms in total. The van der Waals surface area contributed by atoms with E-state index in [4.69, 9.17) is 15.6 Å². The normalized spacial score (nSPS) is 24.6. The van der Waals surface area contributed by atoms with Gasteiger partial charge < -0.3 is 15.6 Å². The average Bonchev–Trinajstić information content (AvgIpc) is 2.64. The summed E-state index contributed by atoms with van der Waals surface area (Å²) in [5.74, 6) is 1.00. The molecule has 0 spiro atoms. The Morgan fingerprint density at radius 3 is 2.65 bits per heavy atom. The summed E-state index contributed by atoms with van der Waals surface area (Å²) in [6.45, 7) is 5.33. The van der Waals surface area contributed by atoms with Crippen LogP contribution in [0.3, 0.4) is 0 Å². The van der Waals surface area contributed by atoms with Crippen LogP contribution in [-0.2, 0) is 9.53 Å². The SMILES string of the molecule is C/C=C\C(N)=NC(C)=O.CC1CSC(CO)O1. The molecule has 1 rings (SSSR count). The molecule has 1 fully saturated rings. The van der Waals surface area contributed by atoms with Gasteiger partial charge in [-0.25, -0.2) is 0 Å². The van der Waals surface area contributed by atoms with E-state index in [0.29, 0.717) is 6.10 Å². The molecule has 0 aromatic heterocycles. The van der Waals surface area contributed by atoms with Crippen molar-refractivity contribution in [3.8, 4) is 0 Å². The Kier molecular flexibility index (Phi) is 8.75. The standard InChI is InChI=1S/C6H10N2O.C5H10O2S/c1-3-4-6(7)8-5(2)9;1-4-3-8-5(2-6)7-4/h3-4H,1-2H3,(H2,7,8,9);4-6H,2-3H2,1H3/b4-3-;. The number of aliphatic imine (C=N–C) groups is 1. The molecular formula is C11H20N2O3S. The van der Waals surface area contributed by atoms with Crippen LogP contribution in [-0.4, -0.2) is 40.7 Å². The van der Waals surface area contributed by atoms with Gasteiger partial charge in [0.1, 0.15) is 11.3 Å². The summed E-state index contributed by atoms with van der Waals surface area (Å²) < 4.78 is 5.22. The third-order valence-corrected chi connectivity index (χ3v) is 2.97. The van der Waals surface area contributed by atoms with Crippen molar-refractivity contribution in [2.75, 3.05) is 12.4 Å². The predicted octanol–water partition coefficient (Wildman–Crippen LogP) is 0.923. The maximum absolute atomic E-state index is 10.2. The molecule has 0 bridgehead atoms. The van der Waals surface area contributed by atoms with Gasteiger partial charge in [0, 0.05) is 12.7 Å². The molecule has 6 heteroatoms. The minimum Gasteiger partial charge on any atom is -0.393 e. The highest BCUT2D eigenvalue weighted by Gasteiger charge is 2.20. The second-order valence-corrected chi connectivity index (χ2v) is 4.64. The lowest BCUT2D eigenvalue weighted by atomic mass is 10.5. The summed E-state index contributed by atoms with van der Waals surface area (Å²) in [6.07, 6.45) is 3.63. The maximum atomic E-state index is 10.2. The fourth-order valence-corrected chi connectivity index (χ4v) is 2.00. The molecule has 1 heterocycles. The van der Waals surface area contributed by atoms with Crippen molar-refractivity contribution in [1.82, 2.24) is 0 Å². The van der Waals surface area contributed by atoms with Crippen LogP contribution in [0.15, 0.2) is 17.1 Å². The van der Waals surface area contributed by atoms with E-state index < -0.39 is 0 Å². The Bertz CT molecular complexity index is 292. The number of carbonyl (C=O) groups is 1. The van der Waals surface area contributed by atoms with Crippen LogP contribution >= 0.6 is 11.8 Å². The van der Waals surface area contributed by atoms with Crippen molar-refractivity contribution in [1.29, 1.82) is 0 Å². The van der Waals surface area contributed by atoms with E-state index in [-0.39, 0.29) is 23.8 Å². The molecule has 0 aliphatic carbocycles. The van der Waals surface area contributed by atoms with Gasteiger partial charge in [0.15, 0.2) is 0 Å². The zero-order valence-corrected chi connectivity index (χ0v) is 11.2. The van der Waals surface area contributed by atoms with Gasteiger partial charge in [-0.15, -0.1) is 11.8 Å². The van der Waals surface area contributed by atoms with Gasteiger partial charge in [-0.1, -0.05) is 6.08 Å². The monoisotopic (exact) mass is 260 g/mol. The van der Waals surface area contributed by atoms with Crippen molar-refractivity contribution in [3.63, 3.8) is 0 Å². The van der Waals surface area contributed by atoms with E-state index in [9.17, 15) is 4.79 Å². The number of amidine groups is 1. The number of amides is 1. The van der Waals surface area contributed by atoms with E-state index in [1.807, 2.05) is 13.8 Å². The van der Waals surface area contributed by atoms with Gasteiger partial charge in [0.25, 0.3) is 0 Å². The highest BCUT2D eigenvalue weighted by molar-refractivity contribution is 8.00. The summed E-state index contributed by atoms with van der Waals surface area (Å²) in [4.78, 5) is 13.7. The molecule has 2 unspecified atom stereocenters. The number of rotatable bonds is 2. The Morgan fingerprint density at radius 1 is 1.71 bits per heavy atom. The number of carbonyl (C=O) groups excluding carboxylic acids is 1. The maximum Gasteiger partial charge on any atom is 0.244 e. The molecule has 1 amide bonds. The number of aliphatic hydroxyl groups is 1. The molecule has 17 heavy (non-hydrogen) atoms. The van der Waals surface area contributed by atoms with Crippen molar-refractivity contribution in [2.45, 2.75) is 32.3 Å². The summed E-state index contributed by atoms with van der Waals surface area (Å²) in [5, 5.41) is 8.54. The number of ether oxygens (including phenoxy) is 1. The molecule has 0 aromatic rings. The number of hydrogen-bond donors (Lipinski definition) is 2. The van der Waals surface area contributed by atoms with Gasteiger partial charge in [-0.3, -0.25) is 4.79 Å². The van der Waals surface area contributed by atoms with E-state index in [0.717, 1.165) is 5.75 Å². The first-order chi connectivity index (χ1) is 7.99. The van der Waals surface area contributed by atoms with E-state index in [1.165, 1.54) is 6.92 Å². The molecule has 1 saturated heterocycles. The van der Waals surface area contributed by atoms with Crippen LogP contribution < -0.4 is 5.73 Å². The zero-order chi connectivity index (χ0) is 13.3. The summed E-state index contributed by atoms with van der Waals surface area (Å²) in [7, 11) is 0. The van der Waals surface area contributed by atoms with Crippen molar-refractivity contribution < 1.29 is 14.6 Å². The molecule has 3 N–H and O–H groups in total. The molecule has 1 aliphatic rings. The second kappa shape index (κ2) is 9.21. The molecule has 98 valence electrons. The number of thioether (sulfide) groups is 1. The Balaban J connectivity index is 0.000000302. The largest absolute Gasteiger partial charge is 0.393 e. The predicted molar refractivity (Wildman–Crippen MR) is 71.0 cm³/mol. The van der Waals surface area contributed by atoms with E-state index >= 15 is 0 Å². The first-order valence-electron chi connectivity index (χ1n) is 5.35. The number of nitrogens with two attached hydrogens (primary N) is 1. The lowest BCUT2D eigenvalue weighted by Crippen LogP contribution is -2.10. The number of allylic oxidation sites excluding steroid dienone is 1. The first-order valence-corrected chi connectivity index (χ1v) is 6.39. The number of hydrogen-bond acceptors (Lipinski definition) is 4. The van der Waals surface area contributed by atoms with E-state index in [1.54, 1.807) is 23.9 Å². The molecule has 0 saturated carbocycles. The van der Waals surface area contributed by atoms with Gasteiger partial charge in [-0.05, 0) is 19.9 Å². The molecular weight excluding hydrogens is 240 g/mol. The smallest absolute Gasteiger partial charge is 0.244 e. The van der Waals surface area contributed by atoms with Crippen LogP contribution in [0.25, 0.3) is 0 Å². The Labute approximate surface area is 106 Å². The number of nitrogens with zero attached hydrogens (tertiary/aromatic N) is 1. The number of aliphatic hydroxyl groups excluding tert-OH is 1. The second-order valence-electron chi connectivity index (χ2n) is 3.45. The Morgan fingerprint density at radius 2 is 2.35 bits per heavy atom. The first kappa shape index (κ1) is 16.1. The fraction of sp³-hybridized carbons (Fsp3) is 0.636. The van der Waals surface area contributed by atoms with Gasteiger partial charge in [0.2, 0.25) is 5.91 Å². The quantitative estimate of drug-likeness (QED) is 0.570.